The number of hydrogen-bond donors (Lipinski definition) is 1. The summed E-state index contributed by atoms with van der Waals surface area (Å²) in [6.07, 6.45) is 0.416. The molecule has 1 amide bonds. The minimum Gasteiger partial charge on any atom is -0.480 e. The van der Waals surface area contributed by atoms with Crippen molar-refractivity contribution >= 4 is 5.91 Å². The monoisotopic (exact) mass is 248 g/mol. The Bertz CT molecular complexity index is 457. The number of carbonyl (C=O) groups excluding carboxylic acids is 1. The van der Waals surface area contributed by atoms with Crippen molar-refractivity contribution in [3.63, 3.8) is 0 Å². The molecule has 4 heteroatoms. The number of rotatable bonds is 3. The van der Waals surface area contributed by atoms with E-state index in [1.807, 2.05) is 32.0 Å². The quantitative estimate of drug-likeness (QED) is 0.884. The molecule has 0 aliphatic carbocycles. The van der Waals surface area contributed by atoms with Crippen LogP contribution in [0.15, 0.2) is 18.2 Å². The number of likely N-dealkylation sites (N-methyl/N-ethyl adjacent to an activating group) is 1. The van der Waals surface area contributed by atoms with Crippen LogP contribution in [0.5, 0.6) is 5.75 Å². The molecule has 0 radical (unpaired) electrons. The van der Waals surface area contributed by atoms with Gasteiger partial charge in [0.1, 0.15) is 5.75 Å². The van der Waals surface area contributed by atoms with Crippen LogP contribution in [-0.4, -0.2) is 30.5 Å². The van der Waals surface area contributed by atoms with E-state index in [9.17, 15) is 4.79 Å². The summed E-state index contributed by atoms with van der Waals surface area (Å²) in [4.78, 5) is 13.5. The first-order chi connectivity index (χ1) is 8.49. The Balaban J connectivity index is 2.13. The molecular formula is C14H20N2O2. The highest BCUT2D eigenvalue weighted by atomic mass is 16.5. The number of hydrogen-bond acceptors (Lipinski definition) is 3. The number of amides is 1. The molecule has 1 aliphatic heterocycles. The number of carbonyl (C=O) groups is 1. The van der Waals surface area contributed by atoms with E-state index < -0.39 is 0 Å². The van der Waals surface area contributed by atoms with Crippen molar-refractivity contribution < 1.29 is 9.53 Å². The van der Waals surface area contributed by atoms with Crippen LogP contribution in [0.3, 0.4) is 0 Å². The summed E-state index contributed by atoms with van der Waals surface area (Å²) >= 11 is 0. The van der Waals surface area contributed by atoms with Crippen LogP contribution in [0.1, 0.15) is 30.5 Å². The first-order valence-corrected chi connectivity index (χ1v) is 6.27. The smallest absolute Gasteiger partial charge is 0.263 e. The Morgan fingerprint density at radius 2 is 2.22 bits per heavy atom. The number of nitrogens with two attached hydrogens (primary N) is 1. The maximum atomic E-state index is 11.8. The van der Waals surface area contributed by atoms with E-state index in [1.165, 1.54) is 0 Å². The molecule has 1 saturated heterocycles. The summed E-state index contributed by atoms with van der Waals surface area (Å²) < 4.78 is 5.79. The largest absolute Gasteiger partial charge is 0.480 e. The van der Waals surface area contributed by atoms with Crippen molar-refractivity contribution in [1.29, 1.82) is 0 Å². The average Bonchev–Trinajstić information content (AvgIpc) is 2.63. The minimum absolute atomic E-state index is 0.0111. The van der Waals surface area contributed by atoms with Crippen molar-refractivity contribution in [3.05, 3.63) is 29.3 Å². The number of benzene rings is 1. The molecule has 2 N–H and O–H groups in total. The minimum atomic E-state index is -0.338. The molecular weight excluding hydrogens is 228 g/mol. The average molecular weight is 248 g/mol. The second kappa shape index (κ2) is 4.98. The summed E-state index contributed by atoms with van der Waals surface area (Å²) in [6, 6.07) is 5.89. The molecule has 1 heterocycles. The van der Waals surface area contributed by atoms with Gasteiger partial charge in [0.2, 0.25) is 0 Å². The molecule has 0 spiro atoms. The topological polar surface area (TPSA) is 55.6 Å². The van der Waals surface area contributed by atoms with E-state index in [-0.39, 0.29) is 18.1 Å². The summed E-state index contributed by atoms with van der Waals surface area (Å²) in [5.74, 6) is 0.832. The summed E-state index contributed by atoms with van der Waals surface area (Å²) in [5.41, 5.74) is 7.93. The molecule has 1 unspecified atom stereocenters. The zero-order valence-electron chi connectivity index (χ0n) is 11.1. The maximum Gasteiger partial charge on any atom is 0.263 e. The summed E-state index contributed by atoms with van der Waals surface area (Å²) in [6.45, 7) is 4.69. The highest BCUT2D eigenvalue weighted by Gasteiger charge is 2.31. The standard InChI is InChI=1S/C14H20N2O2/c1-9-8-11(10(2)15)4-5-12(9)18-13-6-7-16(3)14(13)17/h4-5,8,10,13H,6-7,15H2,1-3H3/t10-,13?/m1/s1. The van der Waals surface area contributed by atoms with Gasteiger partial charge in [0, 0.05) is 26.1 Å². The van der Waals surface area contributed by atoms with E-state index in [1.54, 1.807) is 11.9 Å². The van der Waals surface area contributed by atoms with Gasteiger partial charge >= 0.3 is 0 Å². The second-order valence-electron chi connectivity index (χ2n) is 4.97. The van der Waals surface area contributed by atoms with Crippen LogP contribution in [0.2, 0.25) is 0 Å². The lowest BCUT2D eigenvalue weighted by molar-refractivity contribution is -0.132. The lowest BCUT2D eigenvalue weighted by Crippen LogP contribution is -2.29. The highest BCUT2D eigenvalue weighted by molar-refractivity contribution is 5.83. The van der Waals surface area contributed by atoms with Gasteiger partial charge in [-0.25, -0.2) is 0 Å². The number of aryl methyl sites for hydroxylation is 1. The number of ether oxygens (including phenoxy) is 1. The zero-order valence-corrected chi connectivity index (χ0v) is 11.1. The fraction of sp³-hybridized carbons (Fsp3) is 0.500. The zero-order chi connectivity index (χ0) is 13.3. The van der Waals surface area contributed by atoms with Crippen molar-refractivity contribution in [2.24, 2.45) is 5.73 Å². The Labute approximate surface area is 108 Å². The van der Waals surface area contributed by atoms with Gasteiger partial charge in [-0.2, -0.15) is 0 Å². The van der Waals surface area contributed by atoms with Gasteiger partial charge in [-0.1, -0.05) is 12.1 Å². The first kappa shape index (κ1) is 12.9. The molecule has 1 aliphatic rings. The fourth-order valence-corrected chi connectivity index (χ4v) is 2.14. The predicted molar refractivity (Wildman–Crippen MR) is 70.5 cm³/mol. The van der Waals surface area contributed by atoms with E-state index >= 15 is 0 Å². The van der Waals surface area contributed by atoms with Gasteiger partial charge in [0.15, 0.2) is 6.10 Å². The molecule has 0 bridgehead atoms. The van der Waals surface area contributed by atoms with Crippen LogP contribution in [0.4, 0.5) is 0 Å². The molecule has 1 aromatic rings. The van der Waals surface area contributed by atoms with Gasteiger partial charge in [-0.15, -0.1) is 0 Å². The van der Waals surface area contributed by atoms with Crippen LogP contribution >= 0.6 is 0 Å². The van der Waals surface area contributed by atoms with Gasteiger partial charge in [0.25, 0.3) is 5.91 Å². The molecule has 2 rings (SSSR count). The van der Waals surface area contributed by atoms with Crippen molar-refractivity contribution in [2.45, 2.75) is 32.4 Å². The third-order valence-electron chi connectivity index (χ3n) is 3.37. The molecule has 98 valence electrons. The molecule has 1 fully saturated rings. The Kier molecular flexibility index (Phi) is 3.57. The fourth-order valence-electron chi connectivity index (χ4n) is 2.14. The molecule has 2 atom stereocenters. The van der Waals surface area contributed by atoms with E-state index in [0.717, 1.165) is 29.8 Å². The maximum absolute atomic E-state index is 11.8. The predicted octanol–water partition coefficient (Wildman–Crippen LogP) is 1.62. The Morgan fingerprint density at radius 3 is 2.72 bits per heavy atom. The molecule has 0 saturated carbocycles. The van der Waals surface area contributed by atoms with Crippen molar-refractivity contribution in [1.82, 2.24) is 4.90 Å². The normalized spacial score (nSPS) is 21.2. The number of likely N-dealkylation sites (tertiary alicyclic amines) is 1. The number of nitrogens with zero attached hydrogens (tertiary/aromatic N) is 1. The van der Waals surface area contributed by atoms with Gasteiger partial charge < -0.3 is 15.4 Å². The third kappa shape index (κ3) is 2.48. The van der Waals surface area contributed by atoms with Crippen molar-refractivity contribution in [2.75, 3.05) is 13.6 Å². The molecule has 1 aromatic carbocycles. The van der Waals surface area contributed by atoms with E-state index in [4.69, 9.17) is 10.5 Å². The first-order valence-electron chi connectivity index (χ1n) is 6.27. The van der Waals surface area contributed by atoms with Crippen molar-refractivity contribution in [3.8, 4) is 5.75 Å². The summed E-state index contributed by atoms with van der Waals surface area (Å²) in [7, 11) is 1.80. The van der Waals surface area contributed by atoms with E-state index in [2.05, 4.69) is 0 Å². The van der Waals surface area contributed by atoms with Gasteiger partial charge in [-0.05, 0) is 31.0 Å². The third-order valence-corrected chi connectivity index (χ3v) is 3.37. The van der Waals surface area contributed by atoms with Crippen LogP contribution < -0.4 is 10.5 Å². The van der Waals surface area contributed by atoms with Gasteiger partial charge in [0.05, 0.1) is 0 Å². The Hall–Kier alpha value is -1.55. The molecule has 4 nitrogen and oxygen atoms in total. The van der Waals surface area contributed by atoms with Crippen LogP contribution in [-0.2, 0) is 4.79 Å². The van der Waals surface area contributed by atoms with Gasteiger partial charge in [-0.3, -0.25) is 4.79 Å². The lowest BCUT2D eigenvalue weighted by Gasteiger charge is -2.16. The Morgan fingerprint density at radius 1 is 1.50 bits per heavy atom. The SMILES string of the molecule is Cc1cc([C@@H](C)N)ccc1OC1CCN(C)C1=O. The van der Waals surface area contributed by atoms with Crippen LogP contribution in [0.25, 0.3) is 0 Å². The van der Waals surface area contributed by atoms with E-state index in [0.29, 0.717) is 0 Å². The second-order valence-corrected chi connectivity index (χ2v) is 4.97. The highest BCUT2D eigenvalue weighted by Crippen LogP contribution is 2.25. The molecule has 18 heavy (non-hydrogen) atoms. The summed E-state index contributed by atoms with van der Waals surface area (Å²) in [5, 5.41) is 0. The van der Waals surface area contributed by atoms with Crippen LogP contribution in [0, 0.1) is 6.92 Å². The molecule has 0 aromatic heterocycles. The lowest BCUT2D eigenvalue weighted by atomic mass is 10.1.